The lowest BCUT2D eigenvalue weighted by atomic mass is 9.78. The third-order valence-electron chi connectivity index (χ3n) is 13.6. The summed E-state index contributed by atoms with van der Waals surface area (Å²) in [5.74, 6) is 0.571. The van der Waals surface area contributed by atoms with E-state index in [1.54, 1.807) is 34.6 Å². The number of aromatic nitrogens is 6. The molecule has 7 aromatic rings. The van der Waals surface area contributed by atoms with E-state index in [1.807, 2.05) is 116 Å². The van der Waals surface area contributed by atoms with E-state index in [0.717, 1.165) is 57.0 Å². The van der Waals surface area contributed by atoms with Gasteiger partial charge in [-0.1, -0.05) is 134 Å². The number of rotatable bonds is 13. The maximum absolute atomic E-state index is 11.7. The van der Waals surface area contributed by atoms with Gasteiger partial charge in [-0.2, -0.15) is 0 Å². The molecule has 0 bridgehead atoms. The summed E-state index contributed by atoms with van der Waals surface area (Å²) in [6.07, 6.45) is -4.92. The van der Waals surface area contributed by atoms with Crippen LogP contribution in [-0.2, 0) is 20.8 Å². The fourth-order valence-electron chi connectivity index (χ4n) is 9.35. The van der Waals surface area contributed by atoms with Crippen molar-refractivity contribution in [3.8, 4) is 33.9 Å². The van der Waals surface area contributed by atoms with E-state index in [1.165, 1.54) is 0 Å². The molecule has 69 heavy (non-hydrogen) atoms. The van der Waals surface area contributed by atoms with Crippen LogP contribution in [0.25, 0.3) is 33.9 Å². The summed E-state index contributed by atoms with van der Waals surface area (Å²) in [4.78, 5) is 0. The normalized spacial score (nSPS) is 25.6. The topological polar surface area (TPSA) is 210 Å². The zero-order valence-corrected chi connectivity index (χ0v) is 39.4. The second-order valence-corrected chi connectivity index (χ2v) is 18.1. The molecule has 0 spiro atoms. The van der Waals surface area contributed by atoms with Gasteiger partial charge in [0.25, 0.3) is 0 Å². The molecular weight excluding hydrogens is 877 g/mol. The third kappa shape index (κ3) is 10.9. The average Bonchev–Trinajstić information content (AvgIpc) is 4.09. The molecule has 6 N–H and O–H groups in total. The zero-order chi connectivity index (χ0) is 48.8. The molecule has 0 radical (unpaired) electrons. The van der Waals surface area contributed by atoms with Crippen LogP contribution in [-0.4, -0.2) is 116 Å². The van der Waals surface area contributed by atoms with Crippen LogP contribution < -0.4 is 0 Å². The molecule has 12 atom stereocenters. The van der Waals surface area contributed by atoms with E-state index in [9.17, 15) is 30.6 Å². The molecule has 0 amide bonds. The highest BCUT2D eigenvalue weighted by Gasteiger charge is 2.47. The fourth-order valence-corrected chi connectivity index (χ4v) is 9.35. The van der Waals surface area contributed by atoms with Crippen molar-refractivity contribution in [2.75, 3.05) is 6.61 Å². The van der Waals surface area contributed by atoms with E-state index < -0.39 is 55.4 Å². The molecule has 15 heteroatoms. The predicted octanol–water partition coefficient (Wildman–Crippen LogP) is 6.68. The molecular formula is C54H64N6O9. The van der Waals surface area contributed by atoms with Crippen LogP contribution >= 0.6 is 0 Å². The molecule has 0 saturated carbocycles. The number of aryl methyl sites for hydroxylation is 2. The van der Waals surface area contributed by atoms with Gasteiger partial charge in [0.15, 0.2) is 0 Å². The highest BCUT2D eigenvalue weighted by molar-refractivity contribution is 5.59. The van der Waals surface area contributed by atoms with Gasteiger partial charge in [0.2, 0.25) is 0 Å². The number of hydrogen-bond donors (Lipinski definition) is 6. The first-order chi connectivity index (χ1) is 33.4. The van der Waals surface area contributed by atoms with E-state index in [0.29, 0.717) is 23.7 Å². The van der Waals surface area contributed by atoms with Crippen molar-refractivity contribution < 1.29 is 46.3 Å². The molecule has 364 valence electrons. The summed E-state index contributed by atoms with van der Waals surface area (Å²) in [7, 11) is 0. The molecule has 4 unspecified atom stereocenters. The summed E-state index contributed by atoms with van der Waals surface area (Å²) in [6.45, 7) is 10.3. The van der Waals surface area contributed by atoms with Crippen LogP contribution in [0, 0.1) is 25.7 Å². The first kappa shape index (κ1) is 49.4. The Balaban J connectivity index is 0.000000208. The summed E-state index contributed by atoms with van der Waals surface area (Å²) >= 11 is 0. The molecule has 4 heterocycles. The van der Waals surface area contributed by atoms with Gasteiger partial charge >= 0.3 is 0 Å². The van der Waals surface area contributed by atoms with Crippen LogP contribution in [0.1, 0.15) is 68.6 Å². The fraction of sp³-hybridized carbons (Fsp3) is 0.370. The Bertz CT molecular complexity index is 2730. The van der Waals surface area contributed by atoms with Gasteiger partial charge in [0.1, 0.15) is 60.2 Å². The van der Waals surface area contributed by atoms with Crippen LogP contribution in [0.4, 0.5) is 0 Å². The lowest BCUT2D eigenvalue weighted by molar-refractivity contribution is -0.250. The van der Waals surface area contributed by atoms with Crippen LogP contribution in [0.15, 0.2) is 140 Å². The van der Waals surface area contributed by atoms with Crippen molar-refractivity contribution in [3.05, 3.63) is 168 Å². The molecule has 2 aliphatic rings. The Labute approximate surface area is 403 Å². The minimum atomic E-state index is -1.54. The monoisotopic (exact) mass is 940 g/mol. The number of hydrogen-bond acceptors (Lipinski definition) is 13. The Morgan fingerprint density at radius 3 is 1.57 bits per heavy atom. The van der Waals surface area contributed by atoms with Crippen LogP contribution in [0.5, 0.6) is 0 Å². The van der Waals surface area contributed by atoms with Gasteiger partial charge in [-0.3, -0.25) is 0 Å². The summed E-state index contributed by atoms with van der Waals surface area (Å²) in [5.41, 5.74) is 9.24. The highest BCUT2D eigenvalue weighted by Crippen LogP contribution is 2.40. The van der Waals surface area contributed by atoms with Gasteiger partial charge < -0.3 is 44.8 Å². The van der Waals surface area contributed by atoms with Gasteiger partial charge in [-0.25, -0.2) is 9.36 Å². The van der Waals surface area contributed by atoms with Gasteiger partial charge in [0.05, 0.1) is 49.2 Å². The van der Waals surface area contributed by atoms with Crippen LogP contribution in [0.3, 0.4) is 0 Å². The van der Waals surface area contributed by atoms with Crippen molar-refractivity contribution in [2.24, 2.45) is 11.8 Å². The molecule has 0 aliphatic carbocycles. The smallest absolute Gasteiger partial charge is 0.117 e. The van der Waals surface area contributed by atoms with Gasteiger partial charge in [0, 0.05) is 12.6 Å². The SMILES string of the molecule is CCC1O[C@H]([C@H](O)c2ccc(-n3cc(-c4ccccc4)nn3)cc2C)C(OCc2ccccc2)[C@@H](C)[C@@H]1C.Cc1cc(-n2cc(-c3ccccc3)nn2)ccc1[C@@H](O)[C@H]1OC(CO)[C@@H](O)[C@H](O)C1O.[HH]. The summed E-state index contributed by atoms with van der Waals surface area (Å²) in [5, 5.41) is 79.2. The summed E-state index contributed by atoms with van der Waals surface area (Å²) < 4.78 is 21.9. The largest absolute Gasteiger partial charge is 0.394 e. The zero-order valence-electron chi connectivity index (χ0n) is 39.4. The average molecular weight is 941 g/mol. The molecule has 2 fully saturated rings. The molecule has 15 nitrogen and oxygen atoms in total. The van der Waals surface area contributed by atoms with E-state index in [-0.39, 0.29) is 19.6 Å². The Hall–Kier alpha value is -5.98. The minimum absolute atomic E-state index is 0. The second-order valence-electron chi connectivity index (χ2n) is 18.1. The van der Waals surface area contributed by atoms with Crippen molar-refractivity contribution in [2.45, 2.75) is 109 Å². The predicted molar refractivity (Wildman–Crippen MR) is 261 cm³/mol. The van der Waals surface area contributed by atoms with Gasteiger partial charge in [-0.15, -0.1) is 10.2 Å². The Morgan fingerprint density at radius 2 is 1.09 bits per heavy atom. The standard InChI is InChI=1S/C32H37N3O3.C22H25N3O6.H2/c1-5-29-22(3)23(4)31(37-20-24-12-8-6-9-13-24)32(38-29)30(36)27-17-16-26(18-21(27)2)35-19-28(33-34-35)25-14-10-7-11-15-25;1-12-9-14(25-10-16(23-24-25)13-5-3-2-4-6-13)7-8-15(12)18(27)22-21(30)20(29)19(28)17(11-26)31-22;/h6-19,22-23,29-32,36H,5,20H2,1-4H3;2-10,17-22,26-30H,11H2,1H3;1H/t22-,23-,29?,30+,31?,32+;17?,18-,19-,20+,21?,22-;/m01./s1. The van der Waals surface area contributed by atoms with E-state index in [2.05, 4.69) is 53.5 Å². The lowest BCUT2D eigenvalue weighted by Gasteiger charge is -2.46. The molecule has 2 aromatic heterocycles. The van der Waals surface area contributed by atoms with Gasteiger partial charge in [-0.05, 0) is 84.2 Å². The molecule has 2 aliphatic heterocycles. The minimum Gasteiger partial charge on any atom is -0.394 e. The number of benzene rings is 5. The van der Waals surface area contributed by atoms with Crippen molar-refractivity contribution >= 4 is 0 Å². The highest BCUT2D eigenvalue weighted by atomic mass is 16.6. The van der Waals surface area contributed by atoms with Crippen molar-refractivity contribution in [1.82, 2.24) is 30.0 Å². The number of ether oxygens (including phenoxy) is 3. The lowest BCUT2D eigenvalue weighted by Crippen LogP contribution is -2.59. The summed E-state index contributed by atoms with van der Waals surface area (Å²) in [6, 6.07) is 41.1. The van der Waals surface area contributed by atoms with E-state index >= 15 is 0 Å². The molecule has 9 rings (SSSR count). The van der Waals surface area contributed by atoms with Crippen LogP contribution in [0.2, 0.25) is 0 Å². The maximum Gasteiger partial charge on any atom is 0.117 e. The second kappa shape index (κ2) is 22.2. The third-order valence-corrected chi connectivity index (χ3v) is 13.6. The van der Waals surface area contributed by atoms with Crippen molar-refractivity contribution in [1.29, 1.82) is 0 Å². The Kier molecular flexibility index (Phi) is 15.9. The maximum atomic E-state index is 11.7. The Morgan fingerprint density at radius 1 is 0.609 bits per heavy atom. The first-order valence-corrected chi connectivity index (χ1v) is 23.5. The number of aliphatic hydroxyl groups excluding tert-OH is 6. The number of nitrogens with zero attached hydrogens (tertiary/aromatic N) is 6. The van der Waals surface area contributed by atoms with Crippen molar-refractivity contribution in [3.63, 3.8) is 0 Å². The number of aliphatic hydroxyl groups is 6. The van der Waals surface area contributed by atoms with E-state index in [4.69, 9.17) is 14.2 Å². The molecule has 5 aromatic carbocycles. The quantitative estimate of drug-likeness (QED) is 0.0714. The molecule has 2 saturated heterocycles. The first-order valence-electron chi connectivity index (χ1n) is 23.5.